The summed E-state index contributed by atoms with van der Waals surface area (Å²) in [6.45, 7) is 16.3. The number of allylic oxidation sites excluding steroid dienone is 2. The molecule has 2 aliphatic heterocycles. The summed E-state index contributed by atoms with van der Waals surface area (Å²) in [5.41, 5.74) is 9.11. The van der Waals surface area contributed by atoms with Crippen LogP contribution in [0.2, 0.25) is 0 Å². The molecule has 3 rings (SSSR count). The van der Waals surface area contributed by atoms with Crippen molar-refractivity contribution >= 4 is 11.8 Å². The number of hydrogen-bond acceptors (Lipinski definition) is 2. The summed E-state index contributed by atoms with van der Waals surface area (Å²) in [4.78, 5) is 7.23. The largest absolute Gasteiger partial charge is 0.367 e. The van der Waals surface area contributed by atoms with Gasteiger partial charge in [-0.2, -0.15) is 0 Å². The summed E-state index contributed by atoms with van der Waals surface area (Å²) in [6.07, 6.45) is 11.4. The molecule has 1 saturated heterocycles. The minimum Gasteiger partial charge on any atom is -0.367 e. The molecule has 0 spiro atoms. The van der Waals surface area contributed by atoms with Gasteiger partial charge in [-0.15, -0.1) is 0 Å². The van der Waals surface area contributed by atoms with Crippen molar-refractivity contribution in [1.29, 1.82) is 0 Å². The molecule has 0 aromatic heterocycles. The van der Waals surface area contributed by atoms with Crippen molar-refractivity contribution in [3.05, 3.63) is 65.0 Å². The van der Waals surface area contributed by atoms with E-state index in [-0.39, 0.29) is 0 Å². The third-order valence-corrected chi connectivity index (χ3v) is 6.34. The molecule has 2 heterocycles. The van der Waals surface area contributed by atoms with Crippen LogP contribution in [0.4, 0.5) is 0 Å². The number of nitrogens with zero attached hydrogens (tertiary/aromatic N) is 2. The van der Waals surface area contributed by atoms with Gasteiger partial charge in [-0.1, -0.05) is 50.8 Å². The summed E-state index contributed by atoms with van der Waals surface area (Å²) in [5, 5.41) is 0. The van der Waals surface area contributed by atoms with E-state index < -0.39 is 0 Å². The van der Waals surface area contributed by atoms with Gasteiger partial charge in [0.25, 0.3) is 0 Å². The second-order valence-corrected chi connectivity index (χ2v) is 8.28. The van der Waals surface area contributed by atoms with E-state index in [0.29, 0.717) is 6.04 Å². The summed E-state index contributed by atoms with van der Waals surface area (Å²) in [7, 11) is 0. The van der Waals surface area contributed by atoms with E-state index in [4.69, 9.17) is 0 Å². The van der Waals surface area contributed by atoms with Crippen molar-refractivity contribution in [1.82, 2.24) is 4.90 Å². The number of rotatable bonds is 8. The molecule has 1 unspecified atom stereocenters. The Morgan fingerprint density at radius 3 is 2.71 bits per heavy atom. The van der Waals surface area contributed by atoms with Crippen molar-refractivity contribution in [3.8, 4) is 0 Å². The minimum absolute atomic E-state index is 0.577. The van der Waals surface area contributed by atoms with Gasteiger partial charge in [-0.25, -0.2) is 0 Å². The average molecular weight is 377 g/mol. The van der Waals surface area contributed by atoms with E-state index in [1.165, 1.54) is 47.9 Å². The molecular weight excluding hydrogens is 340 g/mol. The fourth-order valence-corrected chi connectivity index (χ4v) is 4.66. The Morgan fingerprint density at radius 2 is 2.00 bits per heavy atom. The van der Waals surface area contributed by atoms with Gasteiger partial charge in [-0.05, 0) is 74.1 Å². The molecule has 0 radical (unpaired) electrons. The number of likely N-dealkylation sites (tertiary alicyclic amines) is 1. The molecule has 0 saturated carbocycles. The smallest absolute Gasteiger partial charge is 0.0848 e. The van der Waals surface area contributed by atoms with Gasteiger partial charge in [-0.3, -0.25) is 4.99 Å². The standard InChI is InChI=1S/C26H36N2/c1-6-22-15-16-27-26(22)20(5)28-17-9-8-10-24(28)13-11-21-12-14-25(19(3)4)23(7-2)18-21/h12,14,16,18,24H,3,5-11,13,15,17H2,1-2,4H3. The number of piperidine rings is 1. The molecule has 2 nitrogen and oxygen atoms in total. The zero-order chi connectivity index (χ0) is 20.1. The van der Waals surface area contributed by atoms with Crippen molar-refractivity contribution < 1.29 is 0 Å². The van der Waals surface area contributed by atoms with Crippen LogP contribution in [0.3, 0.4) is 0 Å². The lowest BCUT2D eigenvalue weighted by atomic mass is 9.92. The lowest BCUT2D eigenvalue weighted by Gasteiger charge is -2.39. The highest BCUT2D eigenvalue weighted by Gasteiger charge is 2.26. The first-order chi connectivity index (χ1) is 13.5. The Bertz CT molecular complexity index is 797. The number of hydrogen-bond donors (Lipinski definition) is 0. The van der Waals surface area contributed by atoms with Gasteiger partial charge >= 0.3 is 0 Å². The van der Waals surface area contributed by atoms with Gasteiger partial charge in [0.05, 0.1) is 11.4 Å². The predicted molar refractivity (Wildman–Crippen MR) is 123 cm³/mol. The zero-order valence-electron chi connectivity index (χ0n) is 18.1. The topological polar surface area (TPSA) is 15.6 Å². The molecular formula is C26H36N2. The van der Waals surface area contributed by atoms with Crippen LogP contribution in [-0.4, -0.2) is 23.7 Å². The maximum Gasteiger partial charge on any atom is 0.0848 e. The van der Waals surface area contributed by atoms with Gasteiger partial charge in [0.1, 0.15) is 0 Å². The van der Waals surface area contributed by atoms with Crippen LogP contribution in [0.15, 0.2) is 53.3 Å². The highest BCUT2D eigenvalue weighted by molar-refractivity contribution is 5.69. The predicted octanol–water partition coefficient (Wildman–Crippen LogP) is 6.72. The molecule has 150 valence electrons. The van der Waals surface area contributed by atoms with Crippen LogP contribution >= 0.6 is 0 Å². The quantitative estimate of drug-likeness (QED) is 0.491. The Balaban J connectivity index is 1.71. The third-order valence-electron chi connectivity index (χ3n) is 6.34. The van der Waals surface area contributed by atoms with Crippen molar-refractivity contribution in [2.75, 3.05) is 6.54 Å². The minimum atomic E-state index is 0.577. The number of benzene rings is 1. The third kappa shape index (κ3) is 4.48. The fraction of sp³-hybridized carbons (Fsp3) is 0.500. The SMILES string of the molecule is C=C(C)c1ccc(CCC2CCCCN2C(=C)C2=C(CC)CC=N2)cc1CC. The summed E-state index contributed by atoms with van der Waals surface area (Å²) in [6, 6.07) is 7.53. The van der Waals surface area contributed by atoms with Crippen LogP contribution in [0.25, 0.3) is 5.57 Å². The normalized spacial score (nSPS) is 19.4. The summed E-state index contributed by atoms with van der Waals surface area (Å²) < 4.78 is 0. The first-order valence-corrected chi connectivity index (χ1v) is 11.0. The Morgan fingerprint density at radius 1 is 1.18 bits per heavy atom. The molecule has 1 atom stereocenters. The van der Waals surface area contributed by atoms with Crippen LogP contribution in [-0.2, 0) is 12.8 Å². The van der Waals surface area contributed by atoms with Gasteiger partial charge < -0.3 is 4.90 Å². The second kappa shape index (κ2) is 9.41. The highest BCUT2D eigenvalue weighted by atomic mass is 15.2. The van der Waals surface area contributed by atoms with Crippen molar-refractivity contribution in [3.63, 3.8) is 0 Å². The highest BCUT2D eigenvalue weighted by Crippen LogP contribution is 2.32. The van der Waals surface area contributed by atoms with Crippen molar-refractivity contribution in [2.24, 2.45) is 4.99 Å². The van der Waals surface area contributed by atoms with Crippen molar-refractivity contribution in [2.45, 2.75) is 78.2 Å². The van der Waals surface area contributed by atoms with Crippen LogP contribution < -0.4 is 0 Å². The monoisotopic (exact) mass is 376 g/mol. The molecule has 0 aliphatic carbocycles. The van der Waals surface area contributed by atoms with Crippen LogP contribution in [0.1, 0.15) is 76.0 Å². The van der Waals surface area contributed by atoms with Gasteiger partial charge in [0, 0.05) is 25.2 Å². The Hall–Kier alpha value is -2.09. The Labute approximate surface area is 171 Å². The van der Waals surface area contributed by atoms with E-state index in [2.05, 4.69) is 62.0 Å². The van der Waals surface area contributed by atoms with Gasteiger partial charge in [0.15, 0.2) is 0 Å². The van der Waals surface area contributed by atoms with E-state index in [0.717, 1.165) is 49.2 Å². The molecule has 1 aromatic rings. The fourth-order valence-electron chi connectivity index (χ4n) is 4.66. The molecule has 0 amide bonds. The van der Waals surface area contributed by atoms with E-state index in [1.54, 1.807) is 0 Å². The molecule has 0 bridgehead atoms. The summed E-state index contributed by atoms with van der Waals surface area (Å²) >= 11 is 0. The maximum atomic E-state index is 4.67. The average Bonchev–Trinajstić information content (AvgIpc) is 3.20. The maximum absolute atomic E-state index is 4.67. The first kappa shape index (κ1) is 20.6. The number of aryl methyl sites for hydroxylation is 2. The molecule has 2 heteroatoms. The molecule has 2 aliphatic rings. The van der Waals surface area contributed by atoms with E-state index in [9.17, 15) is 0 Å². The first-order valence-electron chi connectivity index (χ1n) is 11.0. The van der Waals surface area contributed by atoms with Crippen LogP contribution in [0, 0.1) is 0 Å². The van der Waals surface area contributed by atoms with E-state index >= 15 is 0 Å². The zero-order valence-corrected chi connectivity index (χ0v) is 18.1. The molecule has 1 aromatic carbocycles. The lowest BCUT2D eigenvalue weighted by Crippen LogP contribution is -2.39. The lowest BCUT2D eigenvalue weighted by molar-refractivity contribution is 0.188. The second-order valence-electron chi connectivity index (χ2n) is 8.28. The summed E-state index contributed by atoms with van der Waals surface area (Å²) in [5.74, 6) is 0. The van der Waals surface area contributed by atoms with Gasteiger partial charge in [0.2, 0.25) is 0 Å². The van der Waals surface area contributed by atoms with Crippen LogP contribution in [0.5, 0.6) is 0 Å². The number of aliphatic imine (C=N–C) groups is 1. The molecule has 28 heavy (non-hydrogen) atoms. The van der Waals surface area contributed by atoms with E-state index in [1.807, 2.05) is 6.21 Å². The molecule has 1 fully saturated rings. The Kier molecular flexibility index (Phi) is 6.93. The molecule has 0 N–H and O–H groups in total.